The number of hydrogen-bond donors (Lipinski definition) is 3. The highest BCUT2D eigenvalue weighted by Gasteiger charge is 2.44. The predicted molar refractivity (Wildman–Crippen MR) is 163 cm³/mol. The van der Waals surface area contributed by atoms with Crippen molar-refractivity contribution in [3.63, 3.8) is 0 Å². The molecule has 3 heterocycles. The van der Waals surface area contributed by atoms with Crippen LogP contribution in [0.1, 0.15) is 37.7 Å². The molecule has 1 saturated carbocycles. The van der Waals surface area contributed by atoms with E-state index in [4.69, 9.17) is 23.1 Å². The summed E-state index contributed by atoms with van der Waals surface area (Å²) in [4.78, 5) is 31.3. The van der Waals surface area contributed by atoms with Crippen molar-refractivity contribution in [3.05, 3.63) is 47.1 Å². The number of carbonyl (C=O) groups is 2. The average Bonchev–Trinajstić information content (AvgIpc) is 3.37. The molecule has 11 nitrogen and oxygen atoms in total. The Morgan fingerprint density at radius 1 is 1.07 bits per heavy atom. The summed E-state index contributed by atoms with van der Waals surface area (Å²) in [6.45, 7) is 1.47. The fraction of sp³-hybridized carbons (Fsp3) is 0.552. The van der Waals surface area contributed by atoms with Crippen LogP contribution in [0.25, 0.3) is 0 Å². The maximum atomic E-state index is 15.7. The van der Waals surface area contributed by atoms with Gasteiger partial charge < -0.3 is 26.6 Å². The smallest absolute Gasteiger partial charge is 0.276 e. The zero-order valence-electron chi connectivity index (χ0n) is 24.3. The Balaban J connectivity index is 1.21. The summed E-state index contributed by atoms with van der Waals surface area (Å²) in [5.41, 5.74) is 11.6. The van der Waals surface area contributed by atoms with E-state index in [1.165, 1.54) is 28.6 Å². The van der Waals surface area contributed by atoms with Gasteiger partial charge in [0.05, 0.1) is 11.4 Å². The van der Waals surface area contributed by atoms with Gasteiger partial charge in [0, 0.05) is 68.9 Å². The molecule has 0 bridgehead atoms. The maximum Gasteiger partial charge on any atom is 0.276 e. The molecule has 0 spiro atoms. The van der Waals surface area contributed by atoms with Gasteiger partial charge in [-0.05, 0) is 68.0 Å². The van der Waals surface area contributed by atoms with Crippen molar-refractivity contribution < 1.29 is 26.8 Å². The first kappa shape index (κ1) is 32.5. The van der Waals surface area contributed by atoms with Crippen LogP contribution in [-0.4, -0.2) is 81.4 Å². The van der Waals surface area contributed by atoms with Crippen molar-refractivity contribution in [2.45, 2.75) is 49.0 Å². The van der Waals surface area contributed by atoms with E-state index in [9.17, 15) is 18.0 Å². The van der Waals surface area contributed by atoms with Crippen molar-refractivity contribution >= 4 is 44.9 Å². The van der Waals surface area contributed by atoms with Crippen LogP contribution in [0.4, 0.5) is 20.3 Å². The van der Waals surface area contributed by atoms with Crippen molar-refractivity contribution in [2.24, 2.45) is 23.3 Å². The molecule has 3 fully saturated rings. The third-order valence-corrected chi connectivity index (χ3v) is 10.9. The number of anilines is 2. The van der Waals surface area contributed by atoms with Crippen LogP contribution in [0, 0.1) is 11.8 Å². The van der Waals surface area contributed by atoms with Gasteiger partial charge in [-0.1, -0.05) is 11.6 Å². The second-order valence-electron chi connectivity index (χ2n) is 11.7. The molecule has 1 aliphatic carbocycles. The average molecular weight is 654 g/mol. The lowest BCUT2D eigenvalue weighted by Crippen LogP contribution is -2.49. The first-order valence-electron chi connectivity index (χ1n) is 14.8. The van der Waals surface area contributed by atoms with E-state index in [1.807, 2.05) is 0 Å². The molecule has 5 rings (SSSR count). The minimum Gasteiger partial charge on any atom is -0.355 e. The highest BCUT2D eigenvalue weighted by atomic mass is 35.5. The van der Waals surface area contributed by atoms with E-state index in [-0.39, 0.29) is 84.3 Å². The summed E-state index contributed by atoms with van der Waals surface area (Å²) in [6, 6.07) is 8.46. The Labute approximate surface area is 260 Å². The Morgan fingerprint density at radius 3 is 2.32 bits per heavy atom. The molecule has 2 saturated heterocycles. The van der Waals surface area contributed by atoms with E-state index >= 15 is 8.78 Å². The fourth-order valence-electron chi connectivity index (χ4n) is 6.22. The molecule has 1 atom stereocenters. The van der Waals surface area contributed by atoms with Crippen molar-refractivity contribution in [2.75, 3.05) is 55.6 Å². The molecule has 2 amide bonds. The molecule has 15 heteroatoms. The monoisotopic (exact) mass is 653 g/mol. The number of carbonyl (C=O) groups excluding carboxylic acids is 2. The third-order valence-electron chi connectivity index (χ3n) is 8.80. The Hall–Kier alpha value is -2.91. The molecule has 3 aliphatic rings. The maximum absolute atomic E-state index is 15.7. The van der Waals surface area contributed by atoms with Crippen LogP contribution in [0.3, 0.4) is 0 Å². The van der Waals surface area contributed by atoms with Crippen LogP contribution in [0.5, 0.6) is 0 Å². The second-order valence-corrected chi connectivity index (χ2v) is 14.1. The Morgan fingerprint density at radius 2 is 1.73 bits per heavy atom. The van der Waals surface area contributed by atoms with E-state index in [2.05, 4.69) is 10.3 Å². The lowest BCUT2D eigenvalue weighted by atomic mass is 9.77. The number of hydrogen-bond acceptors (Lipinski definition) is 8. The van der Waals surface area contributed by atoms with Crippen LogP contribution >= 0.6 is 11.6 Å². The number of rotatable bonds is 9. The van der Waals surface area contributed by atoms with Gasteiger partial charge in [-0.3, -0.25) is 9.59 Å². The van der Waals surface area contributed by atoms with Gasteiger partial charge in [-0.2, -0.15) is 4.31 Å². The summed E-state index contributed by atoms with van der Waals surface area (Å²) in [6.07, 6.45) is 2.01. The molecule has 2 aliphatic heterocycles. The first-order chi connectivity index (χ1) is 20.9. The van der Waals surface area contributed by atoms with Crippen molar-refractivity contribution in [3.8, 4) is 0 Å². The van der Waals surface area contributed by atoms with Gasteiger partial charge in [-0.25, -0.2) is 22.2 Å². The topological polar surface area (TPSA) is 155 Å². The summed E-state index contributed by atoms with van der Waals surface area (Å²) < 4.78 is 59.5. The van der Waals surface area contributed by atoms with Crippen LogP contribution in [0.15, 0.2) is 41.3 Å². The van der Waals surface area contributed by atoms with Crippen molar-refractivity contribution in [1.82, 2.24) is 14.6 Å². The quantitative estimate of drug-likeness (QED) is 0.348. The minimum atomic E-state index is -3.82. The molecule has 44 heavy (non-hydrogen) atoms. The van der Waals surface area contributed by atoms with Gasteiger partial charge in [0.25, 0.3) is 5.92 Å². The highest BCUT2D eigenvalue weighted by molar-refractivity contribution is 7.89. The zero-order valence-corrected chi connectivity index (χ0v) is 25.9. The van der Waals surface area contributed by atoms with E-state index in [0.717, 1.165) is 0 Å². The molecular weight excluding hydrogens is 616 g/mol. The van der Waals surface area contributed by atoms with Crippen LogP contribution in [-0.2, 0) is 25.5 Å². The number of nitrogens with one attached hydrogen (secondary N) is 1. The predicted octanol–water partition coefficient (Wildman–Crippen LogP) is 2.28. The SMILES string of the molecule is NCC(=O)NCC1CCC(C(F)(F)c2cc(Cl)nc(N3CCN(S(=O)(=O)c4ccc(N5C[C@H](N)CC5=O)cc4)CC3)c2)CC1. The van der Waals surface area contributed by atoms with Crippen molar-refractivity contribution in [1.29, 1.82) is 0 Å². The number of nitrogens with two attached hydrogens (primary N) is 2. The molecular formula is C29H38ClF2N7O4S. The number of amides is 2. The molecule has 0 unspecified atom stereocenters. The van der Waals surface area contributed by atoms with Gasteiger partial charge >= 0.3 is 0 Å². The number of alkyl halides is 2. The highest BCUT2D eigenvalue weighted by Crippen LogP contribution is 2.46. The summed E-state index contributed by atoms with van der Waals surface area (Å²) in [5, 5.41) is 2.68. The normalized spacial score (nSPS) is 23.7. The number of aromatic nitrogens is 1. The molecule has 0 radical (unpaired) electrons. The van der Waals surface area contributed by atoms with Gasteiger partial charge in [-0.15, -0.1) is 0 Å². The lowest BCUT2D eigenvalue weighted by Gasteiger charge is -2.36. The molecule has 1 aromatic heterocycles. The third kappa shape index (κ3) is 6.99. The van der Waals surface area contributed by atoms with E-state index in [1.54, 1.807) is 21.9 Å². The number of sulfonamides is 1. The lowest BCUT2D eigenvalue weighted by molar-refractivity contribution is -0.120. The molecule has 2 aromatic rings. The van der Waals surface area contributed by atoms with E-state index < -0.39 is 21.9 Å². The number of halogens is 3. The van der Waals surface area contributed by atoms with Gasteiger partial charge in [0.1, 0.15) is 11.0 Å². The number of piperazine rings is 1. The standard InChI is InChI=1S/C29H38ClF2N7O4S/c30-25-13-21(29(31,32)20-3-1-19(2-4-20)17-35-27(40)16-33)14-26(36-25)37-9-11-38(12-10-37)44(42,43)24-7-5-23(6-8-24)39-18-22(34)15-28(39)41/h5-8,13-14,19-20,22H,1-4,9-12,15-18,33-34H2,(H,35,40)/t19?,20?,22-/m1/s1. The van der Waals surface area contributed by atoms with Gasteiger partial charge in [0.2, 0.25) is 21.8 Å². The van der Waals surface area contributed by atoms with Crippen LogP contribution < -0.4 is 26.6 Å². The number of nitrogens with zero attached hydrogens (tertiary/aromatic N) is 4. The number of benzene rings is 1. The summed E-state index contributed by atoms with van der Waals surface area (Å²) in [5.74, 6) is -3.95. The molecule has 240 valence electrons. The number of pyridine rings is 1. The second kappa shape index (κ2) is 13.2. The Kier molecular flexibility index (Phi) is 9.75. The minimum absolute atomic E-state index is 0.0528. The zero-order chi connectivity index (χ0) is 31.6. The molecule has 1 aromatic carbocycles. The summed E-state index contributed by atoms with van der Waals surface area (Å²) >= 11 is 6.22. The largest absolute Gasteiger partial charge is 0.355 e. The van der Waals surface area contributed by atoms with Gasteiger partial charge in [0.15, 0.2) is 0 Å². The summed E-state index contributed by atoms with van der Waals surface area (Å²) in [7, 11) is -3.82. The first-order valence-corrected chi connectivity index (χ1v) is 16.6. The fourth-order valence-corrected chi connectivity index (χ4v) is 7.85. The Bertz CT molecular complexity index is 1460. The van der Waals surface area contributed by atoms with E-state index in [0.29, 0.717) is 44.5 Å². The van der Waals surface area contributed by atoms with Crippen LogP contribution in [0.2, 0.25) is 5.15 Å². The molecule has 5 N–H and O–H groups in total.